The van der Waals surface area contributed by atoms with Crippen LogP contribution in [0, 0.1) is 0 Å². The molecule has 1 aromatic heterocycles. The van der Waals surface area contributed by atoms with Crippen LogP contribution in [0.25, 0.3) is 33.6 Å². The second-order valence-electron chi connectivity index (χ2n) is 6.65. The third kappa shape index (κ3) is 4.24. The minimum absolute atomic E-state index is 0.172. The van der Waals surface area contributed by atoms with E-state index in [2.05, 4.69) is 33.2 Å². The van der Waals surface area contributed by atoms with Crippen molar-refractivity contribution in [1.29, 1.82) is 0 Å². The molecule has 0 radical (unpaired) electrons. The molecule has 0 saturated heterocycles. The highest BCUT2D eigenvalue weighted by Crippen LogP contribution is 2.37. The molecule has 4 rings (SSSR count). The molecular weight excluding hydrogens is 362 g/mol. The molecule has 0 amide bonds. The zero-order valence-corrected chi connectivity index (χ0v) is 16.1. The Kier molecular flexibility index (Phi) is 5.47. The van der Waals surface area contributed by atoms with Crippen LogP contribution >= 0.6 is 0 Å². The Hall–Kier alpha value is -3.73. The van der Waals surface area contributed by atoms with E-state index in [1.807, 2.05) is 49.4 Å². The summed E-state index contributed by atoms with van der Waals surface area (Å²) in [6.07, 6.45) is 3.87. The van der Waals surface area contributed by atoms with E-state index in [9.17, 15) is 5.11 Å². The molecule has 0 fully saturated rings. The first kappa shape index (κ1) is 18.6. The van der Waals surface area contributed by atoms with Crippen molar-refractivity contribution < 1.29 is 9.84 Å². The fourth-order valence-electron chi connectivity index (χ4n) is 3.16. The average molecular weight is 383 g/mol. The van der Waals surface area contributed by atoms with Gasteiger partial charge in [0.15, 0.2) is 5.82 Å². The monoisotopic (exact) mass is 383 g/mol. The number of phenolic OH excluding ortho intramolecular Hbond substituents is 1. The van der Waals surface area contributed by atoms with Crippen LogP contribution in [0.1, 0.15) is 13.3 Å². The van der Waals surface area contributed by atoms with Gasteiger partial charge in [-0.25, -0.2) is 15.0 Å². The molecule has 3 aromatic carbocycles. The van der Waals surface area contributed by atoms with Crippen LogP contribution in [0.4, 0.5) is 0 Å². The Morgan fingerprint density at radius 2 is 1.52 bits per heavy atom. The van der Waals surface area contributed by atoms with Gasteiger partial charge in [-0.2, -0.15) is 0 Å². The molecule has 0 unspecified atom stereocenters. The van der Waals surface area contributed by atoms with Crippen molar-refractivity contribution >= 4 is 0 Å². The van der Waals surface area contributed by atoms with Crippen molar-refractivity contribution in [3.8, 4) is 45.1 Å². The third-order valence-electron chi connectivity index (χ3n) is 4.54. The molecule has 29 heavy (non-hydrogen) atoms. The maximum atomic E-state index is 10.6. The molecule has 1 heterocycles. The van der Waals surface area contributed by atoms with Gasteiger partial charge in [0.2, 0.25) is 0 Å². The smallest absolute Gasteiger partial charge is 0.162 e. The van der Waals surface area contributed by atoms with Crippen LogP contribution in [-0.4, -0.2) is 26.7 Å². The van der Waals surface area contributed by atoms with Gasteiger partial charge in [-0.1, -0.05) is 37.3 Å². The van der Waals surface area contributed by atoms with Gasteiger partial charge in [-0.05, 0) is 53.4 Å². The molecule has 0 aliphatic rings. The van der Waals surface area contributed by atoms with Gasteiger partial charge in [0.1, 0.15) is 24.2 Å². The van der Waals surface area contributed by atoms with Crippen molar-refractivity contribution in [3.63, 3.8) is 0 Å². The van der Waals surface area contributed by atoms with E-state index in [1.165, 1.54) is 12.7 Å². The molecule has 0 spiro atoms. The van der Waals surface area contributed by atoms with Crippen molar-refractivity contribution in [2.45, 2.75) is 13.3 Å². The SMILES string of the molecule is CCCOc1ccc(-c2cc(-c3ccccc3)cc(-c3ncncn3)c2)c(O)c1. The van der Waals surface area contributed by atoms with Gasteiger partial charge in [0.25, 0.3) is 0 Å². The molecule has 0 bridgehead atoms. The van der Waals surface area contributed by atoms with E-state index in [-0.39, 0.29) is 5.75 Å². The zero-order valence-electron chi connectivity index (χ0n) is 16.1. The third-order valence-corrected chi connectivity index (χ3v) is 4.54. The summed E-state index contributed by atoms with van der Waals surface area (Å²) in [6, 6.07) is 21.6. The Balaban J connectivity index is 1.83. The first-order chi connectivity index (χ1) is 14.2. The van der Waals surface area contributed by atoms with Gasteiger partial charge >= 0.3 is 0 Å². The predicted molar refractivity (Wildman–Crippen MR) is 114 cm³/mol. The lowest BCUT2D eigenvalue weighted by atomic mass is 9.95. The van der Waals surface area contributed by atoms with Crippen LogP contribution in [0.3, 0.4) is 0 Å². The summed E-state index contributed by atoms with van der Waals surface area (Å²) in [5.74, 6) is 1.41. The molecule has 4 aromatic rings. The molecule has 0 saturated carbocycles. The highest BCUT2D eigenvalue weighted by Gasteiger charge is 2.12. The summed E-state index contributed by atoms with van der Waals surface area (Å²) in [7, 11) is 0. The van der Waals surface area contributed by atoms with Crippen LogP contribution in [0.15, 0.2) is 79.4 Å². The summed E-state index contributed by atoms with van der Waals surface area (Å²) < 4.78 is 5.63. The lowest BCUT2D eigenvalue weighted by molar-refractivity contribution is 0.315. The average Bonchev–Trinajstić information content (AvgIpc) is 2.78. The standard InChI is InChI=1S/C24H21N3O2/c1-2-10-29-21-8-9-22(23(28)14-21)19-11-18(17-6-4-3-5-7-17)12-20(13-19)24-26-15-25-16-27-24/h3-9,11-16,28H,2,10H2,1H3. The van der Waals surface area contributed by atoms with E-state index in [4.69, 9.17) is 4.74 Å². The van der Waals surface area contributed by atoms with Crippen molar-refractivity contribution in [2.24, 2.45) is 0 Å². The van der Waals surface area contributed by atoms with Gasteiger partial charge in [-0.15, -0.1) is 0 Å². The lowest BCUT2D eigenvalue weighted by Gasteiger charge is -2.12. The quantitative estimate of drug-likeness (QED) is 0.485. The topological polar surface area (TPSA) is 68.1 Å². The van der Waals surface area contributed by atoms with Crippen molar-refractivity contribution in [1.82, 2.24) is 15.0 Å². The molecule has 0 atom stereocenters. The predicted octanol–water partition coefficient (Wildman–Crippen LogP) is 5.37. The summed E-state index contributed by atoms with van der Waals surface area (Å²) in [4.78, 5) is 12.5. The Morgan fingerprint density at radius 3 is 2.24 bits per heavy atom. The van der Waals surface area contributed by atoms with Crippen molar-refractivity contribution in [2.75, 3.05) is 6.61 Å². The highest BCUT2D eigenvalue weighted by molar-refractivity contribution is 5.81. The van der Waals surface area contributed by atoms with Crippen LogP contribution < -0.4 is 4.74 Å². The Labute approximate surface area is 169 Å². The van der Waals surface area contributed by atoms with Gasteiger partial charge in [0.05, 0.1) is 6.61 Å². The van der Waals surface area contributed by atoms with Gasteiger partial charge < -0.3 is 9.84 Å². The minimum atomic E-state index is 0.172. The normalized spacial score (nSPS) is 10.7. The number of hydrogen-bond acceptors (Lipinski definition) is 5. The minimum Gasteiger partial charge on any atom is -0.507 e. The maximum Gasteiger partial charge on any atom is 0.162 e. The molecule has 5 nitrogen and oxygen atoms in total. The number of hydrogen-bond donors (Lipinski definition) is 1. The van der Waals surface area contributed by atoms with E-state index in [0.717, 1.165) is 34.2 Å². The van der Waals surface area contributed by atoms with Crippen LogP contribution in [0.5, 0.6) is 11.5 Å². The molecule has 144 valence electrons. The largest absolute Gasteiger partial charge is 0.507 e. The first-order valence-electron chi connectivity index (χ1n) is 9.53. The molecule has 1 N–H and O–H groups in total. The van der Waals surface area contributed by atoms with E-state index < -0.39 is 0 Å². The van der Waals surface area contributed by atoms with E-state index in [0.29, 0.717) is 18.2 Å². The lowest BCUT2D eigenvalue weighted by Crippen LogP contribution is -1.95. The summed E-state index contributed by atoms with van der Waals surface area (Å²) in [5.41, 5.74) is 4.55. The van der Waals surface area contributed by atoms with Gasteiger partial charge in [-0.3, -0.25) is 0 Å². The fraction of sp³-hybridized carbons (Fsp3) is 0.125. The first-order valence-corrected chi connectivity index (χ1v) is 9.53. The van der Waals surface area contributed by atoms with Crippen molar-refractivity contribution in [3.05, 3.63) is 79.4 Å². The van der Waals surface area contributed by atoms with Crippen LogP contribution in [-0.2, 0) is 0 Å². The molecular formula is C24H21N3O2. The zero-order chi connectivity index (χ0) is 20.1. The number of benzene rings is 3. The second kappa shape index (κ2) is 8.52. The maximum absolute atomic E-state index is 10.6. The number of ether oxygens (including phenoxy) is 1. The number of nitrogens with zero attached hydrogens (tertiary/aromatic N) is 3. The highest BCUT2D eigenvalue weighted by atomic mass is 16.5. The van der Waals surface area contributed by atoms with E-state index >= 15 is 0 Å². The Bertz CT molecular complexity index is 1040. The fourth-order valence-corrected chi connectivity index (χ4v) is 3.16. The number of rotatable bonds is 6. The number of aromatic nitrogens is 3. The summed E-state index contributed by atoms with van der Waals surface area (Å²) in [6.45, 7) is 2.66. The second-order valence-corrected chi connectivity index (χ2v) is 6.65. The number of phenols is 1. The molecule has 0 aliphatic carbocycles. The van der Waals surface area contributed by atoms with Crippen LogP contribution in [0.2, 0.25) is 0 Å². The summed E-state index contributed by atoms with van der Waals surface area (Å²) >= 11 is 0. The molecule has 5 heteroatoms. The van der Waals surface area contributed by atoms with E-state index in [1.54, 1.807) is 6.07 Å². The Morgan fingerprint density at radius 1 is 0.793 bits per heavy atom. The van der Waals surface area contributed by atoms with Gasteiger partial charge in [0, 0.05) is 17.2 Å². The molecule has 0 aliphatic heterocycles. The summed E-state index contributed by atoms with van der Waals surface area (Å²) in [5, 5.41) is 10.6. The number of aromatic hydroxyl groups is 1.